The van der Waals surface area contributed by atoms with Crippen molar-refractivity contribution in [3.63, 3.8) is 0 Å². The number of nitrogens with zero attached hydrogens (tertiary/aromatic N) is 1. The molecule has 0 bridgehead atoms. The van der Waals surface area contributed by atoms with Crippen molar-refractivity contribution in [2.75, 3.05) is 0 Å². The molecule has 0 saturated heterocycles. The van der Waals surface area contributed by atoms with Crippen LogP contribution in [-0.2, 0) is 27.4 Å². The minimum Gasteiger partial charge on any atom is -0.410 e. The lowest BCUT2D eigenvalue weighted by Crippen LogP contribution is -2.44. The maximum absolute atomic E-state index is 13.6. The molecule has 242 valence electrons. The van der Waals surface area contributed by atoms with Crippen LogP contribution in [0.2, 0.25) is 18.1 Å². The zero-order chi connectivity index (χ0) is 31.9. The summed E-state index contributed by atoms with van der Waals surface area (Å²) in [5.74, 6) is 0.388. The van der Waals surface area contributed by atoms with Crippen molar-refractivity contribution in [3.8, 4) is 0 Å². The average Bonchev–Trinajstić information content (AvgIpc) is 3.55. The summed E-state index contributed by atoms with van der Waals surface area (Å²) in [7, 11) is -2.13. The second kappa shape index (κ2) is 11.3. The number of aromatic nitrogens is 1. The first-order chi connectivity index (χ1) is 20.4. The predicted molar refractivity (Wildman–Crippen MR) is 181 cm³/mol. The number of alkyl halides is 4. The van der Waals surface area contributed by atoms with Crippen molar-refractivity contribution in [2.24, 2.45) is 5.41 Å². The molecule has 3 nitrogen and oxygen atoms in total. The van der Waals surface area contributed by atoms with Gasteiger partial charge in [0.05, 0.1) is 17.4 Å². The fourth-order valence-corrected chi connectivity index (χ4v) is 10.5. The van der Waals surface area contributed by atoms with Crippen molar-refractivity contribution < 1.29 is 22.3 Å². The lowest BCUT2D eigenvalue weighted by molar-refractivity contribution is -0.137. The molecular weight excluding hydrogens is 690 g/mol. The molecule has 1 spiro atoms. The second-order valence-corrected chi connectivity index (χ2v) is 22.5. The number of benzene rings is 1. The smallest absolute Gasteiger partial charge is 0.410 e. The highest BCUT2D eigenvalue weighted by atomic mass is 127. The molecule has 3 aliphatic carbocycles. The Bertz CT molecular complexity index is 1390. The topological polar surface area (TPSA) is 31.4 Å². The largest absolute Gasteiger partial charge is 0.416 e. The number of pyridine rings is 1. The van der Waals surface area contributed by atoms with Crippen LogP contribution in [0.15, 0.2) is 24.3 Å². The van der Waals surface area contributed by atoms with Crippen LogP contribution >= 0.6 is 22.6 Å². The van der Waals surface area contributed by atoms with Crippen LogP contribution in [-0.4, -0.2) is 17.2 Å². The number of halogens is 4. The number of fused-ring (bicyclic) bond motifs is 3. The number of hydrogen-bond donors (Lipinski definition) is 0. The summed E-state index contributed by atoms with van der Waals surface area (Å²) < 4.78 is 55.7. The maximum atomic E-state index is 13.6. The Morgan fingerprint density at radius 1 is 0.932 bits per heavy atom. The van der Waals surface area contributed by atoms with E-state index in [9.17, 15) is 13.2 Å². The predicted octanol–water partition coefficient (Wildman–Crippen LogP) is 11.5. The maximum Gasteiger partial charge on any atom is 0.416 e. The summed E-state index contributed by atoms with van der Waals surface area (Å²) >= 11 is 2.57. The van der Waals surface area contributed by atoms with E-state index in [1.807, 2.05) is 0 Å². The molecule has 1 aromatic heterocycles. The molecule has 6 rings (SSSR count). The number of hydrogen-bond acceptors (Lipinski definition) is 3. The van der Waals surface area contributed by atoms with Gasteiger partial charge in [0.2, 0.25) is 0 Å². The van der Waals surface area contributed by atoms with Gasteiger partial charge < -0.3 is 9.16 Å². The summed E-state index contributed by atoms with van der Waals surface area (Å²) in [6.07, 6.45) is 5.82. The quantitative estimate of drug-likeness (QED) is 0.178. The molecule has 2 fully saturated rings. The van der Waals surface area contributed by atoms with Crippen LogP contribution in [0, 0.1) is 5.41 Å². The summed E-state index contributed by atoms with van der Waals surface area (Å²) in [4.78, 5) is 5.65. The average molecular weight is 740 g/mol. The van der Waals surface area contributed by atoms with Crippen LogP contribution in [0.1, 0.15) is 150 Å². The molecule has 2 heterocycles. The molecule has 2 saturated carbocycles. The third-order valence-electron chi connectivity index (χ3n) is 11.4. The Balaban J connectivity index is 1.61. The Hall–Kier alpha value is -0.973. The molecule has 4 aliphatic rings. The minimum absolute atomic E-state index is 0.0456. The highest BCUT2D eigenvalue weighted by Crippen LogP contribution is 2.60. The molecule has 8 heteroatoms. The van der Waals surface area contributed by atoms with E-state index in [0.29, 0.717) is 5.92 Å². The van der Waals surface area contributed by atoms with Crippen LogP contribution < -0.4 is 0 Å². The Labute approximate surface area is 276 Å². The Morgan fingerprint density at radius 2 is 1.57 bits per heavy atom. The van der Waals surface area contributed by atoms with E-state index in [0.717, 1.165) is 68.2 Å². The highest BCUT2D eigenvalue weighted by molar-refractivity contribution is 14.1. The van der Waals surface area contributed by atoms with E-state index in [2.05, 4.69) is 70.3 Å². The highest BCUT2D eigenvalue weighted by Gasteiger charge is 2.55. The van der Waals surface area contributed by atoms with Gasteiger partial charge in [-0.1, -0.05) is 95.0 Å². The van der Waals surface area contributed by atoms with Crippen LogP contribution in [0.3, 0.4) is 0 Å². The van der Waals surface area contributed by atoms with E-state index in [4.69, 9.17) is 14.1 Å². The van der Waals surface area contributed by atoms with Gasteiger partial charge in [-0.3, -0.25) is 4.98 Å². The molecule has 0 amide bonds. The zero-order valence-electron chi connectivity index (χ0n) is 27.5. The molecule has 3 unspecified atom stereocenters. The summed E-state index contributed by atoms with van der Waals surface area (Å²) in [5, 5.41) is 0.0683. The molecule has 2 aromatic rings. The van der Waals surface area contributed by atoms with Gasteiger partial charge in [-0.05, 0) is 91.2 Å². The Kier molecular flexibility index (Phi) is 8.48. The third kappa shape index (κ3) is 5.74. The second-order valence-electron chi connectivity index (χ2n) is 16.3. The standard InChI is InChI=1S/C36H49F3INO2Si/c1-33(2,3)44(6,7)43-26-21-34(4,5)20-25-29(26)28(22-12-8-9-13-22)30-31(23-15-17-24(18-16-23)36(37,38)39)42-35(32(30)41-25)19-11-10-14-27(35)40/h15-18,22,26-27,31H,8-14,19-21H2,1-7H3/t26-,27?,31?,35?/m0/s1. The summed E-state index contributed by atoms with van der Waals surface area (Å²) in [6.45, 7) is 16.3. The molecule has 4 atom stereocenters. The molecule has 1 aromatic carbocycles. The molecular formula is C36H49F3INO2Si. The van der Waals surface area contributed by atoms with Gasteiger partial charge in [-0.2, -0.15) is 13.2 Å². The van der Waals surface area contributed by atoms with E-state index >= 15 is 0 Å². The van der Waals surface area contributed by atoms with Gasteiger partial charge in [0.15, 0.2) is 8.32 Å². The van der Waals surface area contributed by atoms with Gasteiger partial charge in [0.25, 0.3) is 0 Å². The van der Waals surface area contributed by atoms with Crippen molar-refractivity contribution in [1.29, 1.82) is 0 Å². The van der Waals surface area contributed by atoms with E-state index < -0.39 is 31.8 Å². The minimum atomic E-state index is -4.37. The number of ether oxygens (including phenoxy) is 1. The van der Waals surface area contributed by atoms with Crippen LogP contribution in [0.25, 0.3) is 0 Å². The van der Waals surface area contributed by atoms with Crippen molar-refractivity contribution in [1.82, 2.24) is 4.98 Å². The van der Waals surface area contributed by atoms with Crippen molar-refractivity contribution in [2.45, 2.75) is 151 Å². The Morgan fingerprint density at radius 3 is 2.16 bits per heavy atom. The van der Waals surface area contributed by atoms with Crippen molar-refractivity contribution in [3.05, 3.63) is 63.5 Å². The third-order valence-corrected chi connectivity index (χ3v) is 17.5. The lowest BCUT2D eigenvalue weighted by atomic mass is 9.70. The van der Waals surface area contributed by atoms with Gasteiger partial charge in [0, 0.05) is 20.7 Å². The monoisotopic (exact) mass is 739 g/mol. The fraction of sp³-hybridized carbons (Fsp3) is 0.694. The van der Waals surface area contributed by atoms with Gasteiger partial charge in [0.1, 0.15) is 11.7 Å². The SMILES string of the molecule is CC1(C)Cc2nc3c(c(C4CCCC4)c2[C@@H](O[Si](C)(C)C(C)(C)C)C1)C(c1ccc(C(F)(F)F)cc1)OC31CCCCC1I. The first kappa shape index (κ1) is 32.9. The molecule has 1 aliphatic heterocycles. The zero-order valence-corrected chi connectivity index (χ0v) is 30.6. The van der Waals surface area contributed by atoms with Gasteiger partial charge in [-0.25, -0.2) is 0 Å². The summed E-state index contributed by atoms with van der Waals surface area (Å²) in [6, 6.07) is 5.73. The van der Waals surface area contributed by atoms with Crippen LogP contribution in [0.5, 0.6) is 0 Å². The van der Waals surface area contributed by atoms with E-state index in [1.165, 1.54) is 41.8 Å². The van der Waals surface area contributed by atoms with Crippen molar-refractivity contribution >= 4 is 30.9 Å². The fourth-order valence-electron chi connectivity index (χ4n) is 8.09. The van der Waals surface area contributed by atoms with E-state index in [-0.39, 0.29) is 20.5 Å². The van der Waals surface area contributed by atoms with Gasteiger partial charge in [-0.15, -0.1) is 0 Å². The summed E-state index contributed by atoms with van der Waals surface area (Å²) in [5.41, 5.74) is 5.76. The lowest BCUT2D eigenvalue weighted by Gasteiger charge is -2.45. The normalized spacial score (nSPS) is 29.2. The molecule has 0 radical (unpaired) electrons. The van der Waals surface area contributed by atoms with E-state index in [1.54, 1.807) is 12.1 Å². The number of rotatable bonds is 4. The van der Waals surface area contributed by atoms with Crippen LogP contribution in [0.4, 0.5) is 13.2 Å². The molecule has 44 heavy (non-hydrogen) atoms. The van der Waals surface area contributed by atoms with Gasteiger partial charge >= 0.3 is 6.18 Å². The first-order valence-electron chi connectivity index (χ1n) is 16.7. The first-order valence-corrected chi connectivity index (χ1v) is 20.8. The molecule has 0 N–H and O–H groups in total.